The first kappa shape index (κ1) is 15.1. The van der Waals surface area contributed by atoms with E-state index in [0.717, 1.165) is 0 Å². The summed E-state index contributed by atoms with van der Waals surface area (Å²) >= 11 is 0. The quantitative estimate of drug-likeness (QED) is 0.267. The molecule has 2 fully saturated rings. The molecule has 2 aliphatic carbocycles. The molecule has 10 heteroatoms. The van der Waals surface area contributed by atoms with E-state index < -0.39 is 40.7 Å². The Morgan fingerprint density at radius 2 is 1.24 bits per heavy atom. The zero-order valence-electron chi connectivity index (χ0n) is 11.1. The second kappa shape index (κ2) is 5.62. The van der Waals surface area contributed by atoms with Gasteiger partial charge < -0.3 is 9.47 Å². The van der Waals surface area contributed by atoms with E-state index in [2.05, 4.69) is 9.47 Å². The van der Waals surface area contributed by atoms with Crippen LogP contribution in [0.4, 0.5) is 0 Å². The summed E-state index contributed by atoms with van der Waals surface area (Å²) in [5.41, 5.74) is -2.85. The highest BCUT2D eigenvalue weighted by molar-refractivity contribution is 5.75. The number of carbonyl (C=O) groups is 2. The number of ether oxygens (including phenoxy) is 2. The number of hydrogen-bond donors (Lipinski definition) is 0. The number of hydrogen-bond acceptors (Lipinski definition) is 8. The molecule has 116 valence electrons. The van der Waals surface area contributed by atoms with Gasteiger partial charge in [-0.1, -0.05) is 0 Å². The van der Waals surface area contributed by atoms with Crippen molar-refractivity contribution in [2.24, 2.45) is 11.8 Å². The molecule has 0 aromatic rings. The van der Waals surface area contributed by atoms with E-state index in [-0.39, 0.29) is 11.8 Å². The molecule has 0 aliphatic heterocycles. The van der Waals surface area contributed by atoms with Crippen molar-refractivity contribution in [3.05, 3.63) is 20.2 Å². The summed E-state index contributed by atoms with van der Waals surface area (Å²) in [6.07, 6.45) is 2.44. The molecule has 0 radical (unpaired) electrons. The maximum Gasteiger partial charge on any atom is 0.523 e. The Hall–Kier alpha value is -2.26. The molecule has 2 saturated carbocycles. The van der Waals surface area contributed by atoms with Crippen molar-refractivity contribution < 1.29 is 28.9 Å². The summed E-state index contributed by atoms with van der Waals surface area (Å²) in [5, 5.41) is 22.1. The van der Waals surface area contributed by atoms with E-state index in [9.17, 15) is 29.8 Å². The highest BCUT2D eigenvalue weighted by Gasteiger charge is 2.60. The van der Waals surface area contributed by atoms with Crippen LogP contribution in [-0.2, 0) is 19.1 Å². The van der Waals surface area contributed by atoms with Crippen LogP contribution in [0, 0.1) is 32.1 Å². The highest BCUT2D eigenvalue weighted by atomic mass is 16.7. The van der Waals surface area contributed by atoms with Crippen LogP contribution in [0.3, 0.4) is 0 Å². The molecule has 0 amide bonds. The molecule has 2 aliphatic rings. The molecule has 0 bridgehead atoms. The predicted octanol–water partition coefficient (Wildman–Crippen LogP) is 0.143. The average Bonchev–Trinajstić information content (AvgIpc) is 3.30. The number of nitrogens with zero attached hydrogens (tertiary/aromatic N) is 2. The lowest BCUT2D eigenvalue weighted by Gasteiger charge is -2.17. The Balaban J connectivity index is 2.00. The predicted molar refractivity (Wildman–Crippen MR) is 64.1 cm³/mol. The third kappa shape index (κ3) is 3.44. The molecular weight excluding hydrogens is 288 g/mol. The van der Waals surface area contributed by atoms with Gasteiger partial charge in [0.25, 0.3) is 0 Å². The summed E-state index contributed by atoms with van der Waals surface area (Å²) in [6, 6.07) is 0. The van der Waals surface area contributed by atoms with Gasteiger partial charge in [-0.15, -0.1) is 0 Å². The van der Waals surface area contributed by atoms with E-state index in [1.165, 1.54) is 0 Å². The second-order valence-electron chi connectivity index (χ2n) is 5.26. The van der Waals surface area contributed by atoms with Gasteiger partial charge in [0.15, 0.2) is 0 Å². The Bertz CT molecular complexity index is 439. The Labute approximate surface area is 118 Å². The van der Waals surface area contributed by atoms with E-state index in [0.29, 0.717) is 25.7 Å². The lowest BCUT2D eigenvalue weighted by Crippen LogP contribution is -2.55. The molecule has 10 nitrogen and oxygen atoms in total. The first-order chi connectivity index (χ1) is 9.86. The molecule has 0 aromatic heterocycles. The number of carbonyl (C=O) groups excluding carboxylic acids is 2. The van der Waals surface area contributed by atoms with Crippen molar-refractivity contribution >= 4 is 11.9 Å². The van der Waals surface area contributed by atoms with E-state index in [4.69, 9.17) is 0 Å². The van der Waals surface area contributed by atoms with Crippen LogP contribution in [0.1, 0.15) is 25.7 Å². The van der Waals surface area contributed by atoms with Crippen molar-refractivity contribution in [1.29, 1.82) is 0 Å². The van der Waals surface area contributed by atoms with Gasteiger partial charge in [0, 0.05) is 0 Å². The minimum atomic E-state index is -2.85. The molecule has 0 unspecified atom stereocenters. The minimum absolute atomic E-state index is 0.338. The summed E-state index contributed by atoms with van der Waals surface area (Å²) < 4.78 is 9.30. The van der Waals surface area contributed by atoms with Crippen LogP contribution in [-0.4, -0.2) is 40.7 Å². The topological polar surface area (TPSA) is 139 Å². The van der Waals surface area contributed by atoms with E-state index in [1.807, 2.05) is 0 Å². The maximum absolute atomic E-state index is 11.4. The largest absolute Gasteiger partial charge is 0.523 e. The third-order valence-electron chi connectivity index (χ3n) is 3.39. The Kier molecular flexibility index (Phi) is 4.05. The fourth-order valence-electron chi connectivity index (χ4n) is 1.57. The van der Waals surface area contributed by atoms with Crippen molar-refractivity contribution in [2.45, 2.75) is 31.3 Å². The van der Waals surface area contributed by atoms with Gasteiger partial charge in [-0.2, -0.15) is 0 Å². The van der Waals surface area contributed by atoms with Crippen LogP contribution in [0.25, 0.3) is 0 Å². The molecule has 0 aromatic carbocycles. The summed E-state index contributed by atoms with van der Waals surface area (Å²) in [4.78, 5) is 42.5. The fourth-order valence-corrected chi connectivity index (χ4v) is 1.57. The van der Waals surface area contributed by atoms with Crippen LogP contribution in [0.15, 0.2) is 0 Å². The van der Waals surface area contributed by atoms with E-state index in [1.54, 1.807) is 0 Å². The zero-order chi connectivity index (χ0) is 15.6. The van der Waals surface area contributed by atoms with Crippen molar-refractivity contribution in [2.75, 3.05) is 13.2 Å². The van der Waals surface area contributed by atoms with Gasteiger partial charge in [0.05, 0.1) is 11.8 Å². The first-order valence-electron chi connectivity index (χ1n) is 6.49. The molecule has 0 heterocycles. The number of rotatable bonds is 8. The van der Waals surface area contributed by atoms with Crippen molar-refractivity contribution in [1.82, 2.24) is 0 Å². The summed E-state index contributed by atoms with van der Waals surface area (Å²) in [5.74, 6) is -2.07. The normalized spacial score (nSPS) is 17.9. The maximum atomic E-state index is 11.4. The summed E-state index contributed by atoms with van der Waals surface area (Å²) in [7, 11) is 0. The molecule has 0 saturated heterocycles. The second-order valence-corrected chi connectivity index (χ2v) is 5.26. The van der Waals surface area contributed by atoms with Gasteiger partial charge in [-0.25, -0.2) is 0 Å². The van der Waals surface area contributed by atoms with Crippen LogP contribution in [0.5, 0.6) is 0 Å². The third-order valence-corrected chi connectivity index (χ3v) is 3.39. The zero-order valence-corrected chi connectivity index (χ0v) is 11.1. The molecular formula is C11H14N2O8. The Morgan fingerprint density at radius 3 is 1.48 bits per heavy atom. The van der Waals surface area contributed by atoms with Crippen LogP contribution in [0.2, 0.25) is 0 Å². The number of esters is 2. The highest BCUT2D eigenvalue weighted by Crippen LogP contribution is 2.32. The SMILES string of the molecule is O=C(OCC(COC(=O)C1CC1)([N+](=O)[O-])[N+](=O)[O-])C1CC1. The molecule has 2 rings (SSSR count). The summed E-state index contributed by atoms with van der Waals surface area (Å²) in [6.45, 7) is -2.11. The monoisotopic (exact) mass is 302 g/mol. The lowest BCUT2D eigenvalue weighted by molar-refractivity contribution is -0.799. The van der Waals surface area contributed by atoms with Gasteiger partial charge in [-0.3, -0.25) is 29.8 Å². The standard InChI is InChI=1S/C11H14N2O8/c14-9(7-1-2-7)20-5-11(12(16)17,13(18)19)6-21-10(15)8-3-4-8/h7-8H,1-6H2. The van der Waals surface area contributed by atoms with Gasteiger partial charge >= 0.3 is 17.6 Å². The van der Waals surface area contributed by atoms with Crippen LogP contribution < -0.4 is 0 Å². The smallest absolute Gasteiger partial charge is 0.449 e. The van der Waals surface area contributed by atoms with Crippen molar-refractivity contribution in [3.8, 4) is 0 Å². The van der Waals surface area contributed by atoms with Gasteiger partial charge in [0.2, 0.25) is 13.2 Å². The lowest BCUT2D eigenvalue weighted by atomic mass is 10.2. The minimum Gasteiger partial charge on any atom is -0.449 e. The Morgan fingerprint density at radius 1 is 0.905 bits per heavy atom. The molecule has 0 atom stereocenters. The van der Waals surface area contributed by atoms with Crippen LogP contribution >= 0.6 is 0 Å². The van der Waals surface area contributed by atoms with Gasteiger partial charge in [0.1, 0.15) is 9.85 Å². The molecule has 21 heavy (non-hydrogen) atoms. The number of nitro groups is 2. The average molecular weight is 302 g/mol. The first-order valence-corrected chi connectivity index (χ1v) is 6.49. The molecule has 0 spiro atoms. The van der Waals surface area contributed by atoms with E-state index >= 15 is 0 Å². The van der Waals surface area contributed by atoms with Crippen molar-refractivity contribution in [3.63, 3.8) is 0 Å². The molecule has 0 N–H and O–H groups in total. The van der Waals surface area contributed by atoms with Gasteiger partial charge in [-0.05, 0) is 25.7 Å². The fraction of sp³-hybridized carbons (Fsp3) is 0.818.